The minimum absolute atomic E-state index is 0.0198. The van der Waals surface area contributed by atoms with Gasteiger partial charge in [-0.3, -0.25) is 4.79 Å². The number of nitrogens with one attached hydrogen (secondary N) is 1. The Balaban J connectivity index is 2.49. The van der Waals surface area contributed by atoms with E-state index >= 15 is 0 Å². The fourth-order valence-electron chi connectivity index (χ4n) is 2.55. The molecule has 0 saturated carbocycles. The average molecular weight is 370 g/mol. The number of anilines is 2. The number of esters is 2. The van der Waals surface area contributed by atoms with Crippen molar-refractivity contribution in [2.24, 2.45) is 0 Å². The maximum atomic E-state index is 12.4. The molecule has 27 heavy (non-hydrogen) atoms. The maximum absolute atomic E-state index is 12.4. The Morgan fingerprint density at radius 1 is 1.07 bits per heavy atom. The van der Waals surface area contributed by atoms with E-state index < -0.39 is 11.9 Å². The Hall–Kier alpha value is -3.35. The Bertz CT molecular complexity index is 823. The normalized spacial score (nSPS) is 13.2. The van der Waals surface area contributed by atoms with Gasteiger partial charge < -0.3 is 19.7 Å². The summed E-state index contributed by atoms with van der Waals surface area (Å²) in [7, 11) is 2.48. The second-order valence-electron chi connectivity index (χ2n) is 5.66. The highest BCUT2D eigenvalue weighted by molar-refractivity contribution is 6.05. The minimum atomic E-state index is -0.688. The van der Waals surface area contributed by atoms with Gasteiger partial charge in [-0.2, -0.15) is 0 Å². The van der Waals surface area contributed by atoms with Crippen LogP contribution in [-0.4, -0.2) is 32.1 Å². The first-order chi connectivity index (χ1) is 13.0. The number of methoxy groups -OCH3 is 2. The number of ether oxygens (including phenoxy) is 2. The van der Waals surface area contributed by atoms with Crippen LogP contribution in [0, 0.1) is 0 Å². The van der Waals surface area contributed by atoms with Gasteiger partial charge in [-0.15, -0.1) is 0 Å². The van der Waals surface area contributed by atoms with Crippen molar-refractivity contribution in [3.63, 3.8) is 0 Å². The highest BCUT2D eigenvalue weighted by Crippen LogP contribution is 2.28. The third-order valence-electron chi connectivity index (χ3n) is 3.77. The number of hydrogen-bond acceptors (Lipinski definition) is 6. The van der Waals surface area contributed by atoms with Gasteiger partial charge in [0.15, 0.2) is 0 Å². The van der Waals surface area contributed by atoms with Gasteiger partial charge in [-0.05, 0) is 36.8 Å². The Morgan fingerprint density at radius 2 is 1.81 bits per heavy atom. The minimum Gasteiger partial charge on any atom is -0.465 e. The lowest BCUT2D eigenvalue weighted by atomic mass is 10.1. The maximum Gasteiger partial charge on any atom is 0.355 e. The zero-order chi connectivity index (χ0) is 19.8. The molecule has 0 aliphatic carbocycles. The van der Waals surface area contributed by atoms with E-state index in [1.54, 1.807) is 42.6 Å². The van der Waals surface area contributed by atoms with Crippen molar-refractivity contribution in [3.8, 4) is 0 Å². The van der Waals surface area contributed by atoms with Gasteiger partial charge >= 0.3 is 11.9 Å². The van der Waals surface area contributed by atoms with Gasteiger partial charge in [0.2, 0.25) is 5.91 Å². The number of benzene rings is 1. The highest BCUT2D eigenvalue weighted by atomic mass is 16.5. The molecule has 2 rings (SSSR count). The molecule has 1 aromatic carbocycles. The fraction of sp³-hybridized carbons (Fsp3) is 0.250. The van der Waals surface area contributed by atoms with Gasteiger partial charge in [-0.1, -0.05) is 19.1 Å². The van der Waals surface area contributed by atoms with Crippen molar-refractivity contribution in [2.75, 3.05) is 24.4 Å². The molecular weight excluding hydrogens is 348 g/mol. The number of amides is 1. The Morgan fingerprint density at radius 3 is 2.48 bits per heavy atom. The predicted molar refractivity (Wildman–Crippen MR) is 102 cm³/mol. The molecule has 7 heteroatoms. The Labute approximate surface area is 157 Å². The summed E-state index contributed by atoms with van der Waals surface area (Å²) in [5.74, 6) is -1.44. The van der Waals surface area contributed by atoms with Gasteiger partial charge in [0, 0.05) is 24.0 Å². The van der Waals surface area contributed by atoms with Crippen molar-refractivity contribution in [1.82, 2.24) is 0 Å². The quantitative estimate of drug-likeness (QED) is 0.775. The van der Waals surface area contributed by atoms with E-state index in [1.807, 2.05) is 6.92 Å². The van der Waals surface area contributed by atoms with Crippen molar-refractivity contribution < 1.29 is 23.9 Å². The first-order valence-electron chi connectivity index (χ1n) is 8.46. The summed E-state index contributed by atoms with van der Waals surface area (Å²) in [4.78, 5) is 38.0. The van der Waals surface area contributed by atoms with Crippen molar-refractivity contribution in [1.29, 1.82) is 0 Å². The van der Waals surface area contributed by atoms with Crippen LogP contribution in [0.3, 0.4) is 0 Å². The molecule has 1 aliphatic rings. The standard InChI is InChI=1S/C20H22N2O5/c1-4-8-17(23)21-14-9-7-10-15(13-14)22-12-6-5-11-16(19(24)26-2)18(22)20(25)27-3/h5-7,9-13H,4,8H2,1-3H3,(H,21,23). The average Bonchev–Trinajstić information content (AvgIpc) is 2.90. The molecule has 1 aromatic rings. The molecule has 0 unspecified atom stereocenters. The summed E-state index contributed by atoms with van der Waals surface area (Å²) in [5, 5.41) is 2.81. The molecule has 0 fully saturated rings. The topological polar surface area (TPSA) is 84.9 Å². The number of allylic oxidation sites excluding steroid dienone is 2. The predicted octanol–water partition coefficient (Wildman–Crippen LogP) is 2.92. The SMILES string of the molecule is CCCC(=O)Nc1cccc(N2C=CC=CC(C(=O)OC)=C2C(=O)OC)c1. The smallest absolute Gasteiger partial charge is 0.355 e. The summed E-state index contributed by atoms with van der Waals surface area (Å²) in [6, 6.07) is 6.96. The molecule has 1 aliphatic heterocycles. The van der Waals surface area contributed by atoms with Crippen LogP contribution in [0.25, 0.3) is 0 Å². The summed E-state index contributed by atoms with van der Waals surface area (Å²) >= 11 is 0. The van der Waals surface area contributed by atoms with Crippen LogP contribution in [0.15, 0.2) is 60.0 Å². The molecule has 0 spiro atoms. The fourth-order valence-corrected chi connectivity index (χ4v) is 2.55. The molecule has 0 bridgehead atoms. The lowest BCUT2D eigenvalue weighted by Gasteiger charge is -2.23. The highest BCUT2D eigenvalue weighted by Gasteiger charge is 2.27. The molecule has 0 saturated heterocycles. The van der Waals surface area contributed by atoms with Crippen LogP contribution in [-0.2, 0) is 23.9 Å². The Kier molecular flexibility index (Phi) is 6.93. The number of rotatable bonds is 6. The van der Waals surface area contributed by atoms with Crippen LogP contribution >= 0.6 is 0 Å². The van der Waals surface area contributed by atoms with Crippen LogP contribution in [0.1, 0.15) is 19.8 Å². The number of carbonyl (C=O) groups is 3. The van der Waals surface area contributed by atoms with Crippen LogP contribution in [0.2, 0.25) is 0 Å². The van der Waals surface area contributed by atoms with E-state index in [2.05, 4.69) is 5.32 Å². The van der Waals surface area contributed by atoms with Gasteiger partial charge in [0.1, 0.15) is 5.70 Å². The van der Waals surface area contributed by atoms with E-state index in [0.717, 1.165) is 6.42 Å². The summed E-state index contributed by atoms with van der Waals surface area (Å²) in [6.07, 6.45) is 7.58. The molecule has 0 radical (unpaired) electrons. The molecule has 0 atom stereocenters. The van der Waals surface area contributed by atoms with E-state index in [0.29, 0.717) is 17.8 Å². The lowest BCUT2D eigenvalue weighted by Crippen LogP contribution is -2.27. The van der Waals surface area contributed by atoms with Gasteiger partial charge in [0.05, 0.1) is 19.8 Å². The first-order valence-corrected chi connectivity index (χ1v) is 8.46. The molecule has 7 nitrogen and oxygen atoms in total. The third kappa shape index (κ3) is 4.84. The monoisotopic (exact) mass is 370 g/mol. The van der Waals surface area contributed by atoms with Crippen LogP contribution in [0.5, 0.6) is 0 Å². The number of carbonyl (C=O) groups excluding carboxylic acids is 3. The van der Waals surface area contributed by atoms with E-state index in [4.69, 9.17) is 9.47 Å². The van der Waals surface area contributed by atoms with E-state index in [1.165, 1.54) is 25.2 Å². The molecule has 1 N–H and O–H groups in total. The van der Waals surface area contributed by atoms with Crippen molar-refractivity contribution in [2.45, 2.75) is 19.8 Å². The molecule has 1 amide bonds. The molecular formula is C20H22N2O5. The van der Waals surface area contributed by atoms with E-state index in [-0.39, 0.29) is 17.2 Å². The largest absolute Gasteiger partial charge is 0.465 e. The second-order valence-corrected chi connectivity index (χ2v) is 5.66. The zero-order valence-corrected chi connectivity index (χ0v) is 15.5. The van der Waals surface area contributed by atoms with Gasteiger partial charge in [0.25, 0.3) is 0 Å². The summed E-state index contributed by atoms with van der Waals surface area (Å²) in [6.45, 7) is 1.92. The third-order valence-corrected chi connectivity index (χ3v) is 3.77. The second kappa shape index (κ2) is 9.38. The molecule has 1 heterocycles. The zero-order valence-electron chi connectivity index (χ0n) is 15.5. The van der Waals surface area contributed by atoms with Crippen LogP contribution in [0.4, 0.5) is 11.4 Å². The first kappa shape index (κ1) is 20.0. The molecule has 0 aromatic heterocycles. The van der Waals surface area contributed by atoms with Crippen molar-refractivity contribution >= 4 is 29.2 Å². The van der Waals surface area contributed by atoms with Crippen molar-refractivity contribution in [3.05, 3.63) is 60.0 Å². The van der Waals surface area contributed by atoms with Gasteiger partial charge in [-0.25, -0.2) is 9.59 Å². The summed E-state index contributed by atoms with van der Waals surface area (Å²) in [5.41, 5.74) is 1.24. The summed E-state index contributed by atoms with van der Waals surface area (Å²) < 4.78 is 9.66. The van der Waals surface area contributed by atoms with Crippen LogP contribution < -0.4 is 10.2 Å². The number of nitrogens with zero attached hydrogens (tertiary/aromatic N) is 1. The number of hydrogen-bond donors (Lipinski definition) is 1. The van der Waals surface area contributed by atoms with E-state index in [9.17, 15) is 14.4 Å². The lowest BCUT2D eigenvalue weighted by molar-refractivity contribution is -0.139. The molecule has 142 valence electrons.